The van der Waals surface area contributed by atoms with Gasteiger partial charge in [-0.3, -0.25) is 0 Å². The Hall–Kier alpha value is -2.44. The normalized spacial score (nSPS) is 10.2. The van der Waals surface area contributed by atoms with E-state index in [1.54, 1.807) is 6.07 Å². The Bertz CT molecular complexity index is 524. The number of ether oxygens (including phenoxy) is 1. The lowest BCUT2D eigenvalue weighted by molar-refractivity contribution is -0.139. The van der Waals surface area contributed by atoms with Crippen molar-refractivity contribution in [2.45, 2.75) is 6.92 Å². The van der Waals surface area contributed by atoms with Crippen molar-refractivity contribution in [3.05, 3.63) is 30.1 Å². The van der Waals surface area contributed by atoms with Crippen LogP contribution in [0.2, 0.25) is 0 Å². The number of hydrogen-bond donors (Lipinski definition) is 1. The summed E-state index contributed by atoms with van der Waals surface area (Å²) in [7, 11) is 0. The predicted octanol–water partition coefficient (Wildman–Crippen LogP) is 0.434. The Labute approximate surface area is 96.6 Å². The van der Waals surface area contributed by atoms with Gasteiger partial charge in [0.15, 0.2) is 6.61 Å². The molecule has 0 atom stereocenters. The van der Waals surface area contributed by atoms with Crippen molar-refractivity contribution in [2.24, 2.45) is 0 Å². The minimum Gasteiger partial charge on any atom is -0.482 e. The summed E-state index contributed by atoms with van der Waals surface area (Å²) >= 11 is 0. The highest BCUT2D eigenvalue weighted by Crippen LogP contribution is 2.21. The maximum Gasteiger partial charge on any atom is 0.341 e. The second-order valence-corrected chi connectivity index (χ2v) is 3.39. The molecule has 0 saturated carbocycles. The molecule has 1 N–H and O–H groups in total. The van der Waals surface area contributed by atoms with Crippen molar-refractivity contribution in [2.75, 3.05) is 6.61 Å². The third-order valence-corrected chi connectivity index (χ3v) is 2.14. The maximum atomic E-state index is 10.4. The van der Waals surface area contributed by atoms with Crippen molar-refractivity contribution in [3.63, 3.8) is 0 Å². The molecule has 2 aromatic rings. The van der Waals surface area contributed by atoms with E-state index in [2.05, 4.69) is 15.5 Å². The smallest absolute Gasteiger partial charge is 0.341 e. The third kappa shape index (κ3) is 2.57. The first-order valence-electron chi connectivity index (χ1n) is 4.85. The molecule has 0 aliphatic heterocycles. The Balaban J connectivity index is 2.26. The maximum absolute atomic E-state index is 10.4. The monoisotopic (exact) mass is 234 g/mol. The number of carbonyl (C=O) groups is 1. The number of benzene rings is 1. The summed E-state index contributed by atoms with van der Waals surface area (Å²) in [6.07, 6.45) is 1.45. The highest BCUT2D eigenvalue weighted by Gasteiger charge is 2.06. The molecule has 0 spiro atoms. The Morgan fingerprint density at radius 2 is 2.35 bits per heavy atom. The zero-order valence-electron chi connectivity index (χ0n) is 9.07. The number of aromatic nitrogens is 4. The summed E-state index contributed by atoms with van der Waals surface area (Å²) in [4.78, 5) is 10.4. The zero-order valence-corrected chi connectivity index (χ0v) is 9.07. The average Bonchev–Trinajstić information content (AvgIpc) is 2.81. The van der Waals surface area contributed by atoms with Crippen LogP contribution < -0.4 is 4.74 Å². The minimum absolute atomic E-state index is 0.375. The van der Waals surface area contributed by atoms with E-state index < -0.39 is 5.97 Å². The van der Waals surface area contributed by atoms with Gasteiger partial charge in [0.25, 0.3) is 0 Å². The first-order chi connectivity index (χ1) is 8.16. The lowest BCUT2D eigenvalue weighted by atomic mass is 10.2. The molecule has 17 heavy (non-hydrogen) atoms. The molecular weight excluding hydrogens is 224 g/mol. The van der Waals surface area contributed by atoms with E-state index >= 15 is 0 Å². The summed E-state index contributed by atoms with van der Waals surface area (Å²) < 4.78 is 6.62. The van der Waals surface area contributed by atoms with Gasteiger partial charge in [0.1, 0.15) is 12.1 Å². The number of carboxylic acid groups (broad SMARTS) is 1. The third-order valence-electron chi connectivity index (χ3n) is 2.14. The van der Waals surface area contributed by atoms with Gasteiger partial charge in [-0.1, -0.05) is 6.07 Å². The van der Waals surface area contributed by atoms with Gasteiger partial charge in [-0.2, -0.15) is 0 Å². The highest BCUT2D eigenvalue weighted by atomic mass is 16.5. The fourth-order valence-corrected chi connectivity index (χ4v) is 1.31. The molecule has 7 heteroatoms. The average molecular weight is 234 g/mol. The molecular formula is C10H10N4O3. The van der Waals surface area contributed by atoms with Crippen LogP contribution in [-0.2, 0) is 4.79 Å². The predicted molar refractivity (Wildman–Crippen MR) is 57.0 cm³/mol. The van der Waals surface area contributed by atoms with E-state index in [9.17, 15) is 4.79 Å². The fourth-order valence-electron chi connectivity index (χ4n) is 1.31. The molecule has 0 unspecified atom stereocenters. The molecule has 1 heterocycles. The zero-order chi connectivity index (χ0) is 12.3. The van der Waals surface area contributed by atoms with Gasteiger partial charge >= 0.3 is 5.97 Å². The summed E-state index contributed by atoms with van der Waals surface area (Å²) in [5.74, 6) is -0.516. The van der Waals surface area contributed by atoms with Crippen LogP contribution in [0.15, 0.2) is 24.5 Å². The molecule has 2 rings (SSSR count). The number of rotatable bonds is 4. The van der Waals surface area contributed by atoms with Gasteiger partial charge in [-0.05, 0) is 29.0 Å². The van der Waals surface area contributed by atoms with Crippen LogP contribution >= 0.6 is 0 Å². The number of nitrogens with zero attached hydrogens (tertiary/aromatic N) is 4. The van der Waals surface area contributed by atoms with Crippen molar-refractivity contribution < 1.29 is 14.6 Å². The second-order valence-electron chi connectivity index (χ2n) is 3.39. The minimum atomic E-state index is -1.02. The molecule has 0 radical (unpaired) electrons. The summed E-state index contributed by atoms with van der Waals surface area (Å²) in [5, 5.41) is 19.3. The molecule has 0 bridgehead atoms. The Morgan fingerprint density at radius 1 is 1.53 bits per heavy atom. The molecule has 0 amide bonds. The van der Waals surface area contributed by atoms with Crippen molar-refractivity contribution in [1.82, 2.24) is 20.2 Å². The Kier molecular flexibility index (Phi) is 2.99. The highest BCUT2D eigenvalue weighted by molar-refractivity contribution is 5.68. The van der Waals surface area contributed by atoms with Gasteiger partial charge in [0.05, 0.1) is 5.69 Å². The molecule has 88 valence electrons. The molecule has 7 nitrogen and oxygen atoms in total. The van der Waals surface area contributed by atoms with Crippen LogP contribution in [0.4, 0.5) is 0 Å². The second kappa shape index (κ2) is 4.60. The molecule has 1 aromatic carbocycles. The molecule has 1 aromatic heterocycles. The Morgan fingerprint density at radius 3 is 3.00 bits per heavy atom. The van der Waals surface area contributed by atoms with E-state index in [-0.39, 0.29) is 6.61 Å². The van der Waals surface area contributed by atoms with Gasteiger partial charge in [0, 0.05) is 6.07 Å². The van der Waals surface area contributed by atoms with E-state index in [0.29, 0.717) is 11.4 Å². The topological polar surface area (TPSA) is 90.1 Å². The molecule has 0 fully saturated rings. The first kappa shape index (κ1) is 11.1. The van der Waals surface area contributed by atoms with E-state index in [1.165, 1.54) is 11.0 Å². The number of hydrogen-bond acceptors (Lipinski definition) is 5. The molecule has 0 aliphatic rings. The van der Waals surface area contributed by atoms with Gasteiger partial charge in [-0.25, -0.2) is 9.48 Å². The van der Waals surface area contributed by atoms with Crippen LogP contribution in [0.1, 0.15) is 5.56 Å². The van der Waals surface area contributed by atoms with Gasteiger partial charge < -0.3 is 9.84 Å². The van der Waals surface area contributed by atoms with E-state index in [1.807, 2.05) is 19.1 Å². The number of aliphatic carboxylic acids is 1. The van der Waals surface area contributed by atoms with Crippen LogP contribution in [0.5, 0.6) is 5.75 Å². The summed E-state index contributed by atoms with van der Waals surface area (Å²) in [5.41, 5.74) is 1.56. The van der Waals surface area contributed by atoms with Crippen molar-refractivity contribution >= 4 is 5.97 Å². The molecule has 0 saturated heterocycles. The number of carboxylic acids is 1. The first-order valence-corrected chi connectivity index (χ1v) is 4.85. The lowest BCUT2D eigenvalue weighted by Gasteiger charge is -2.08. The number of aryl methyl sites for hydroxylation is 1. The SMILES string of the molecule is Cc1ccc(-n2cnnn2)cc1OCC(=O)O. The van der Waals surface area contributed by atoms with E-state index in [0.717, 1.165) is 5.56 Å². The van der Waals surface area contributed by atoms with Crippen molar-refractivity contribution in [1.29, 1.82) is 0 Å². The van der Waals surface area contributed by atoms with Gasteiger partial charge in [0.2, 0.25) is 0 Å². The number of tetrazole rings is 1. The standard InChI is InChI=1S/C10H10N4O3/c1-7-2-3-8(14-6-11-12-13-14)4-9(7)17-5-10(15)16/h2-4,6H,5H2,1H3,(H,15,16). The van der Waals surface area contributed by atoms with Crippen LogP contribution in [-0.4, -0.2) is 37.9 Å². The van der Waals surface area contributed by atoms with Crippen LogP contribution in [0.25, 0.3) is 5.69 Å². The summed E-state index contributed by atoms with van der Waals surface area (Å²) in [6.45, 7) is 1.46. The molecule has 0 aliphatic carbocycles. The largest absolute Gasteiger partial charge is 0.482 e. The quantitative estimate of drug-likeness (QED) is 0.825. The summed E-state index contributed by atoms with van der Waals surface area (Å²) in [6, 6.07) is 5.32. The van der Waals surface area contributed by atoms with Crippen molar-refractivity contribution in [3.8, 4) is 11.4 Å². The lowest BCUT2D eigenvalue weighted by Crippen LogP contribution is -2.10. The van der Waals surface area contributed by atoms with Crippen LogP contribution in [0.3, 0.4) is 0 Å². The van der Waals surface area contributed by atoms with E-state index in [4.69, 9.17) is 9.84 Å². The van der Waals surface area contributed by atoms with Gasteiger partial charge in [-0.15, -0.1) is 5.10 Å². The van der Waals surface area contributed by atoms with Crippen LogP contribution in [0, 0.1) is 6.92 Å². The fraction of sp³-hybridized carbons (Fsp3) is 0.200.